The van der Waals surface area contributed by atoms with Crippen molar-refractivity contribution in [3.05, 3.63) is 78.9 Å². The van der Waals surface area contributed by atoms with E-state index in [1.807, 2.05) is 30.3 Å². The Morgan fingerprint density at radius 3 is 2.62 bits per heavy atom. The van der Waals surface area contributed by atoms with Crippen LogP contribution in [0.25, 0.3) is 22.0 Å². The fourth-order valence-corrected chi connectivity index (χ4v) is 2.78. The molecule has 140 valence electrons. The topological polar surface area (TPSA) is 101 Å². The van der Waals surface area contributed by atoms with E-state index in [0.29, 0.717) is 22.8 Å². The first-order valence-corrected chi connectivity index (χ1v) is 8.80. The van der Waals surface area contributed by atoms with E-state index in [9.17, 15) is 4.79 Å². The lowest BCUT2D eigenvalue weighted by Gasteiger charge is -2.08. The minimum atomic E-state index is -0.315. The van der Waals surface area contributed by atoms with E-state index in [0.717, 1.165) is 16.3 Å². The second-order valence-corrected chi connectivity index (χ2v) is 6.20. The molecule has 0 saturated carbocycles. The zero-order valence-electron chi connectivity index (χ0n) is 15.2. The number of ether oxygens (including phenoxy) is 1. The Kier molecular flexibility index (Phi) is 5.08. The minimum absolute atomic E-state index is 0.143. The van der Waals surface area contributed by atoms with Gasteiger partial charge in [0.15, 0.2) is 6.61 Å². The number of carbonyl (C=O) groups is 1. The number of nitriles is 1. The maximum atomic E-state index is 12.2. The molecular formula is C22H15N5O2. The van der Waals surface area contributed by atoms with E-state index in [-0.39, 0.29) is 12.5 Å². The van der Waals surface area contributed by atoms with Gasteiger partial charge in [-0.3, -0.25) is 14.8 Å². The molecule has 2 aromatic heterocycles. The third-order valence-corrected chi connectivity index (χ3v) is 4.20. The van der Waals surface area contributed by atoms with E-state index in [2.05, 4.69) is 26.3 Å². The van der Waals surface area contributed by atoms with Crippen LogP contribution < -0.4 is 10.1 Å². The van der Waals surface area contributed by atoms with Gasteiger partial charge in [-0.25, -0.2) is 4.98 Å². The van der Waals surface area contributed by atoms with Crippen molar-refractivity contribution in [1.82, 2.24) is 15.0 Å². The predicted octanol–water partition coefficient (Wildman–Crippen LogP) is 3.58. The molecule has 7 nitrogen and oxygen atoms in total. The molecule has 0 aliphatic rings. The van der Waals surface area contributed by atoms with E-state index in [1.165, 1.54) is 0 Å². The van der Waals surface area contributed by atoms with Crippen molar-refractivity contribution in [3.63, 3.8) is 0 Å². The summed E-state index contributed by atoms with van der Waals surface area (Å²) in [6.07, 6.45) is 6.48. The molecule has 0 fully saturated rings. The first-order chi connectivity index (χ1) is 14.2. The Balaban J connectivity index is 1.36. The summed E-state index contributed by atoms with van der Waals surface area (Å²) in [5.41, 5.74) is 2.12. The number of carbonyl (C=O) groups excluding carboxylic acids is 1. The average Bonchev–Trinajstić information content (AvgIpc) is 2.78. The van der Waals surface area contributed by atoms with Gasteiger partial charge in [-0.05, 0) is 47.2 Å². The molecule has 4 aromatic rings. The smallest absolute Gasteiger partial charge is 0.263 e. The number of amides is 1. The highest BCUT2D eigenvalue weighted by molar-refractivity contribution is 5.91. The van der Waals surface area contributed by atoms with E-state index in [1.54, 1.807) is 43.0 Å². The second-order valence-electron chi connectivity index (χ2n) is 6.20. The first-order valence-electron chi connectivity index (χ1n) is 8.80. The maximum Gasteiger partial charge on any atom is 0.263 e. The number of nitrogens with one attached hydrogen (secondary N) is 1. The number of anilines is 1. The van der Waals surface area contributed by atoms with Crippen LogP contribution >= 0.6 is 0 Å². The van der Waals surface area contributed by atoms with Crippen molar-refractivity contribution in [3.8, 4) is 23.1 Å². The SMILES string of the molecule is N#Cc1ccc2cc(OCC(=O)Nc3ccc(-c4cnccn4)cn3)ccc2c1. The van der Waals surface area contributed by atoms with Crippen LogP contribution in [0, 0.1) is 11.3 Å². The molecule has 0 spiro atoms. The van der Waals surface area contributed by atoms with Crippen LogP contribution in [0.1, 0.15) is 5.56 Å². The minimum Gasteiger partial charge on any atom is -0.484 e. The molecule has 29 heavy (non-hydrogen) atoms. The lowest BCUT2D eigenvalue weighted by molar-refractivity contribution is -0.118. The monoisotopic (exact) mass is 381 g/mol. The molecule has 4 rings (SSSR count). The highest BCUT2D eigenvalue weighted by Gasteiger charge is 2.07. The maximum absolute atomic E-state index is 12.2. The van der Waals surface area contributed by atoms with Gasteiger partial charge < -0.3 is 10.1 Å². The van der Waals surface area contributed by atoms with Crippen molar-refractivity contribution < 1.29 is 9.53 Å². The summed E-state index contributed by atoms with van der Waals surface area (Å²) >= 11 is 0. The normalized spacial score (nSPS) is 10.3. The third kappa shape index (κ3) is 4.34. The van der Waals surface area contributed by atoms with Gasteiger partial charge in [0.2, 0.25) is 0 Å². The quantitative estimate of drug-likeness (QED) is 0.567. The van der Waals surface area contributed by atoms with Crippen molar-refractivity contribution in [2.24, 2.45) is 0 Å². The zero-order valence-corrected chi connectivity index (χ0v) is 15.2. The number of hydrogen-bond acceptors (Lipinski definition) is 6. The van der Waals surface area contributed by atoms with Crippen molar-refractivity contribution >= 4 is 22.5 Å². The Labute approximate surface area is 166 Å². The van der Waals surface area contributed by atoms with Gasteiger partial charge in [0.1, 0.15) is 11.6 Å². The summed E-state index contributed by atoms with van der Waals surface area (Å²) in [6.45, 7) is -0.143. The molecule has 0 atom stereocenters. The molecule has 0 aliphatic carbocycles. The molecular weight excluding hydrogens is 366 g/mol. The zero-order chi connectivity index (χ0) is 20.1. The number of fused-ring (bicyclic) bond motifs is 1. The lowest BCUT2D eigenvalue weighted by Crippen LogP contribution is -2.20. The third-order valence-electron chi connectivity index (χ3n) is 4.20. The Hall–Kier alpha value is -4.31. The first kappa shape index (κ1) is 18.1. The number of hydrogen-bond donors (Lipinski definition) is 1. The van der Waals surface area contributed by atoms with Gasteiger partial charge >= 0.3 is 0 Å². The van der Waals surface area contributed by atoms with E-state index < -0.39 is 0 Å². The van der Waals surface area contributed by atoms with Gasteiger partial charge in [0.25, 0.3) is 5.91 Å². The van der Waals surface area contributed by atoms with E-state index in [4.69, 9.17) is 10.00 Å². The Bertz CT molecular complexity index is 1200. The second kappa shape index (κ2) is 8.15. The molecule has 2 heterocycles. The van der Waals surface area contributed by atoms with Gasteiger partial charge in [0, 0.05) is 24.2 Å². The molecule has 7 heteroatoms. The number of aromatic nitrogens is 3. The highest BCUT2D eigenvalue weighted by Crippen LogP contribution is 2.22. The molecule has 0 unspecified atom stereocenters. The van der Waals surface area contributed by atoms with Crippen LogP contribution in [0.15, 0.2) is 73.3 Å². The fourth-order valence-electron chi connectivity index (χ4n) is 2.78. The Morgan fingerprint density at radius 1 is 1.00 bits per heavy atom. The summed E-state index contributed by atoms with van der Waals surface area (Å²) in [5, 5.41) is 13.5. The van der Waals surface area contributed by atoms with Gasteiger partial charge in [-0.1, -0.05) is 12.1 Å². The molecule has 0 radical (unpaired) electrons. The van der Waals surface area contributed by atoms with Crippen LogP contribution in [0.2, 0.25) is 0 Å². The summed E-state index contributed by atoms with van der Waals surface area (Å²) in [4.78, 5) is 24.6. The molecule has 0 saturated heterocycles. The lowest BCUT2D eigenvalue weighted by atomic mass is 10.1. The Morgan fingerprint density at radius 2 is 1.86 bits per heavy atom. The van der Waals surface area contributed by atoms with Crippen molar-refractivity contribution in [2.75, 3.05) is 11.9 Å². The summed E-state index contributed by atoms with van der Waals surface area (Å²) in [5.74, 6) is 0.682. The molecule has 2 aromatic carbocycles. The molecule has 1 N–H and O–H groups in total. The fraction of sp³-hybridized carbons (Fsp3) is 0.0455. The summed E-state index contributed by atoms with van der Waals surface area (Å²) in [7, 11) is 0. The number of nitrogens with zero attached hydrogens (tertiary/aromatic N) is 4. The number of rotatable bonds is 5. The van der Waals surface area contributed by atoms with Gasteiger partial charge in [0.05, 0.1) is 23.5 Å². The summed E-state index contributed by atoms with van der Waals surface area (Å²) in [6, 6.07) is 16.5. The average molecular weight is 381 g/mol. The highest BCUT2D eigenvalue weighted by atomic mass is 16.5. The molecule has 1 amide bonds. The van der Waals surface area contributed by atoms with Crippen LogP contribution in [0.3, 0.4) is 0 Å². The number of benzene rings is 2. The number of pyridine rings is 1. The van der Waals surface area contributed by atoms with Gasteiger partial charge in [-0.2, -0.15) is 5.26 Å². The van der Waals surface area contributed by atoms with Crippen molar-refractivity contribution in [2.45, 2.75) is 0 Å². The van der Waals surface area contributed by atoms with E-state index >= 15 is 0 Å². The van der Waals surface area contributed by atoms with Crippen LogP contribution in [0.4, 0.5) is 5.82 Å². The van der Waals surface area contributed by atoms with Crippen molar-refractivity contribution in [1.29, 1.82) is 5.26 Å². The molecule has 0 aliphatic heterocycles. The largest absolute Gasteiger partial charge is 0.484 e. The molecule has 0 bridgehead atoms. The van der Waals surface area contributed by atoms with Crippen LogP contribution in [-0.2, 0) is 4.79 Å². The van der Waals surface area contributed by atoms with Gasteiger partial charge in [-0.15, -0.1) is 0 Å². The summed E-state index contributed by atoms with van der Waals surface area (Å²) < 4.78 is 5.57. The van der Waals surface area contributed by atoms with Crippen LogP contribution in [0.5, 0.6) is 5.75 Å². The standard InChI is InChI=1S/C22H15N5O2/c23-11-15-1-2-17-10-19(5-3-16(17)9-15)29-14-22(28)27-21-6-4-18(12-26-21)20-13-24-7-8-25-20/h1-10,12-13H,14H2,(H,26,27,28). The van der Waals surface area contributed by atoms with Crippen LogP contribution in [-0.4, -0.2) is 27.5 Å². The predicted molar refractivity (Wildman–Crippen MR) is 108 cm³/mol.